The fourth-order valence-electron chi connectivity index (χ4n) is 4.53. The van der Waals surface area contributed by atoms with Gasteiger partial charge in [-0.1, -0.05) is 0 Å². The van der Waals surface area contributed by atoms with E-state index in [1.807, 2.05) is 10.8 Å². The molecule has 0 spiro atoms. The zero-order valence-electron chi connectivity index (χ0n) is 15.7. The zero-order chi connectivity index (χ0) is 18.4. The van der Waals surface area contributed by atoms with Crippen molar-refractivity contribution in [2.45, 2.75) is 62.7 Å². The molecule has 6 nitrogen and oxygen atoms in total. The van der Waals surface area contributed by atoms with E-state index in [1.54, 1.807) is 0 Å². The minimum Gasteiger partial charge on any atom is -0.348 e. The van der Waals surface area contributed by atoms with Crippen LogP contribution in [0.2, 0.25) is 0 Å². The van der Waals surface area contributed by atoms with Crippen molar-refractivity contribution in [2.24, 2.45) is 0 Å². The van der Waals surface area contributed by atoms with E-state index >= 15 is 0 Å². The third-order valence-electron chi connectivity index (χ3n) is 6.39. The summed E-state index contributed by atoms with van der Waals surface area (Å²) in [6.07, 6.45) is 7.22. The number of carbonyl (C=O) groups is 2. The molecule has 2 saturated carbocycles. The van der Waals surface area contributed by atoms with E-state index in [-0.39, 0.29) is 23.9 Å². The predicted molar refractivity (Wildman–Crippen MR) is 105 cm³/mol. The van der Waals surface area contributed by atoms with Gasteiger partial charge in [-0.3, -0.25) is 19.4 Å². The Kier molecular flexibility index (Phi) is 4.70. The number of hydrogen-bond acceptors (Lipinski definition) is 5. The first-order chi connectivity index (χ1) is 13.2. The third kappa shape index (κ3) is 3.91. The molecule has 2 aliphatic carbocycles. The van der Waals surface area contributed by atoms with Crippen molar-refractivity contribution in [1.29, 1.82) is 0 Å². The van der Waals surface area contributed by atoms with Crippen LogP contribution in [0.1, 0.15) is 59.2 Å². The maximum absolute atomic E-state index is 12.8. The Morgan fingerprint density at radius 1 is 0.778 bits per heavy atom. The highest BCUT2D eigenvalue weighted by atomic mass is 32.1. The molecule has 5 rings (SSSR count). The molecule has 4 aliphatic rings. The normalized spacial score (nSPS) is 29.2. The van der Waals surface area contributed by atoms with Gasteiger partial charge in [0, 0.05) is 61.1 Å². The number of thiophene rings is 1. The smallest absolute Gasteiger partial charge is 0.253 e. The number of nitrogens with one attached hydrogen (secondary N) is 2. The summed E-state index contributed by atoms with van der Waals surface area (Å²) >= 11 is 1.43. The van der Waals surface area contributed by atoms with E-state index in [0.29, 0.717) is 11.1 Å². The second-order valence-electron chi connectivity index (χ2n) is 8.57. The molecule has 0 aromatic carbocycles. The van der Waals surface area contributed by atoms with Crippen molar-refractivity contribution in [3.05, 3.63) is 21.9 Å². The molecule has 2 saturated heterocycles. The SMILES string of the molecule is O=C(NC1CCN(C2CC2)C1)c1cscc1C(=O)NC1CCN(C2CC2)C1. The summed E-state index contributed by atoms with van der Waals surface area (Å²) in [6, 6.07) is 1.90. The number of rotatable bonds is 6. The molecule has 2 aliphatic heterocycles. The van der Waals surface area contributed by atoms with Gasteiger partial charge in [0.1, 0.15) is 0 Å². The van der Waals surface area contributed by atoms with Gasteiger partial charge in [0.2, 0.25) is 0 Å². The van der Waals surface area contributed by atoms with Crippen molar-refractivity contribution in [2.75, 3.05) is 26.2 Å². The molecule has 4 fully saturated rings. The second kappa shape index (κ2) is 7.18. The van der Waals surface area contributed by atoms with Gasteiger partial charge in [-0.25, -0.2) is 0 Å². The number of likely N-dealkylation sites (tertiary alicyclic amines) is 2. The Hall–Kier alpha value is -1.44. The Labute approximate surface area is 164 Å². The van der Waals surface area contributed by atoms with E-state index in [1.165, 1.54) is 37.0 Å². The van der Waals surface area contributed by atoms with Crippen LogP contribution in [0.4, 0.5) is 0 Å². The molecular formula is C20H28N4O2S. The molecular weight excluding hydrogens is 360 g/mol. The van der Waals surface area contributed by atoms with Crippen molar-refractivity contribution < 1.29 is 9.59 Å². The van der Waals surface area contributed by atoms with Gasteiger partial charge < -0.3 is 10.6 Å². The Balaban J connectivity index is 1.17. The van der Waals surface area contributed by atoms with Gasteiger partial charge in [-0.05, 0) is 38.5 Å². The standard InChI is InChI=1S/C20H28N4O2S/c25-19(21-13-5-7-23(9-13)15-1-2-15)17-11-27-12-18(17)20(26)22-14-6-8-24(10-14)16-3-4-16/h11-16H,1-10H2,(H,21,25)(H,22,26). The van der Waals surface area contributed by atoms with Crippen LogP contribution in [0.15, 0.2) is 10.8 Å². The summed E-state index contributed by atoms with van der Waals surface area (Å²) in [4.78, 5) is 30.5. The molecule has 2 N–H and O–H groups in total. The fourth-order valence-corrected chi connectivity index (χ4v) is 5.34. The van der Waals surface area contributed by atoms with E-state index in [0.717, 1.165) is 51.1 Å². The highest BCUT2D eigenvalue weighted by molar-refractivity contribution is 7.08. The quantitative estimate of drug-likeness (QED) is 0.778. The van der Waals surface area contributed by atoms with E-state index in [2.05, 4.69) is 20.4 Å². The average molecular weight is 389 g/mol. The number of amides is 2. The first kappa shape index (κ1) is 17.6. The van der Waals surface area contributed by atoms with Crippen LogP contribution in [-0.4, -0.2) is 72.0 Å². The fraction of sp³-hybridized carbons (Fsp3) is 0.700. The molecule has 2 unspecified atom stereocenters. The second-order valence-corrected chi connectivity index (χ2v) is 9.31. The summed E-state index contributed by atoms with van der Waals surface area (Å²) < 4.78 is 0. The number of hydrogen-bond donors (Lipinski definition) is 2. The van der Waals surface area contributed by atoms with Crippen LogP contribution < -0.4 is 10.6 Å². The lowest BCUT2D eigenvalue weighted by atomic mass is 10.1. The van der Waals surface area contributed by atoms with E-state index in [9.17, 15) is 9.59 Å². The monoisotopic (exact) mass is 388 g/mol. The molecule has 1 aromatic heterocycles. The Morgan fingerprint density at radius 2 is 1.22 bits per heavy atom. The molecule has 7 heteroatoms. The lowest BCUT2D eigenvalue weighted by Crippen LogP contribution is -2.40. The minimum atomic E-state index is -0.102. The first-order valence-electron chi connectivity index (χ1n) is 10.3. The van der Waals surface area contributed by atoms with E-state index in [4.69, 9.17) is 0 Å². The first-order valence-corrected chi connectivity index (χ1v) is 11.3. The van der Waals surface area contributed by atoms with Crippen LogP contribution in [0.25, 0.3) is 0 Å². The molecule has 2 amide bonds. The average Bonchev–Trinajstić information content (AvgIpc) is 3.54. The van der Waals surface area contributed by atoms with Crippen molar-refractivity contribution in [3.8, 4) is 0 Å². The maximum atomic E-state index is 12.8. The Morgan fingerprint density at radius 3 is 1.63 bits per heavy atom. The largest absolute Gasteiger partial charge is 0.348 e. The summed E-state index contributed by atoms with van der Waals surface area (Å²) in [7, 11) is 0. The minimum absolute atomic E-state index is 0.102. The molecule has 27 heavy (non-hydrogen) atoms. The molecule has 2 atom stereocenters. The van der Waals surface area contributed by atoms with E-state index < -0.39 is 0 Å². The Bertz CT molecular complexity index is 669. The molecule has 0 radical (unpaired) electrons. The summed E-state index contributed by atoms with van der Waals surface area (Å²) in [5, 5.41) is 9.92. The zero-order valence-corrected chi connectivity index (χ0v) is 16.5. The van der Waals surface area contributed by atoms with Gasteiger partial charge >= 0.3 is 0 Å². The van der Waals surface area contributed by atoms with Gasteiger partial charge in [0.15, 0.2) is 0 Å². The highest BCUT2D eigenvalue weighted by Gasteiger charge is 2.36. The highest BCUT2D eigenvalue weighted by Crippen LogP contribution is 2.31. The van der Waals surface area contributed by atoms with Crippen LogP contribution >= 0.6 is 11.3 Å². The van der Waals surface area contributed by atoms with Gasteiger partial charge in [-0.15, -0.1) is 0 Å². The predicted octanol–water partition coefficient (Wildman–Crippen LogP) is 1.68. The van der Waals surface area contributed by atoms with Crippen LogP contribution in [-0.2, 0) is 0 Å². The van der Waals surface area contributed by atoms with Gasteiger partial charge in [0.05, 0.1) is 11.1 Å². The van der Waals surface area contributed by atoms with Crippen molar-refractivity contribution in [3.63, 3.8) is 0 Å². The van der Waals surface area contributed by atoms with Crippen molar-refractivity contribution in [1.82, 2.24) is 20.4 Å². The van der Waals surface area contributed by atoms with Crippen LogP contribution in [0.5, 0.6) is 0 Å². The number of nitrogens with zero attached hydrogens (tertiary/aromatic N) is 2. The van der Waals surface area contributed by atoms with Crippen LogP contribution in [0.3, 0.4) is 0 Å². The van der Waals surface area contributed by atoms with Crippen LogP contribution in [0, 0.1) is 0 Å². The third-order valence-corrected chi connectivity index (χ3v) is 7.13. The number of carbonyl (C=O) groups excluding carboxylic acids is 2. The summed E-state index contributed by atoms with van der Waals surface area (Å²) in [6.45, 7) is 4.04. The lowest BCUT2D eigenvalue weighted by molar-refractivity contribution is 0.0903. The summed E-state index contributed by atoms with van der Waals surface area (Å²) in [5.41, 5.74) is 1.05. The molecule has 0 bridgehead atoms. The topological polar surface area (TPSA) is 64.7 Å². The lowest BCUT2D eigenvalue weighted by Gasteiger charge is -2.17. The molecule has 1 aromatic rings. The maximum Gasteiger partial charge on any atom is 0.253 e. The summed E-state index contributed by atoms with van der Waals surface area (Å²) in [5.74, 6) is -0.204. The van der Waals surface area contributed by atoms with Crippen molar-refractivity contribution >= 4 is 23.2 Å². The molecule has 3 heterocycles. The van der Waals surface area contributed by atoms with Gasteiger partial charge in [0.25, 0.3) is 11.8 Å². The van der Waals surface area contributed by atoms with Gasteiger partial charge in [-0.2, -0.15) is 11.3 Å². The molecule has 146 valence electrons.